The number of hydrogen-bond donors (Lipinski definition) is 1. The van der Waals surface area contributed by atoms with Gasteiger partial charge in [0.15, 0.2) is 0 Å². The minimum absolute atomic E-state index is 0.303. The van der Waals surface area contributed by atoms with Crippen molar-refractivity contribution in [1.82, 2.24) is 4.37 Å². The van der Waals surface area contributed by atoms with E-state index in [0.29, 0.717) is 17.9 Å². The van der Waals surface area contributed by atoms with Gasteiger partial charge in [-0.2, -0.15) is 17.5 Å². The van der Waals surface area contributed by atoms with Crippen molar-refractivity contribution in [3.05, 3.63) is 59.7 Å². The Morgan fingerprint density at radius 3 is 2.67 bits per heavy atom. The Morgan fingerprint density at radius 2 is 1.86 bits per heavy atom. The topological polar surface area (TPSA) is 24.9 Å². The maximum Gasteiger partial charge on any atom is 0.416 e. The molecule has 0 unspecified atom stereocenters. The van der Waals surface area contributed by atoms with Crippen LogP contribution < -0.4 is 5.32 Å². The maximum atomic E-state index is 12.7. The first-order valence-corrected chi connectivity index (χ1v) is 7.06. The number of fused-ring (bicyclic) bond motifs is 1. The van der Waals surface area contributed by atoms with E-state index in [-0.39, 0.29) is 0 Å². The van der Waals surface area contributed by atoms with Crippen LogP contribution >= 0.6 is 11.5 Å². The molecule has 2 nitrogen and oxygen atoms in total. The molecule has 0 atom stereocenters. The number of anilines is 1. The second kappa shape index (κ2) is 5.37. The molecule has 3 aromatic rings. The highest BCUT2D eigenvalue weighted by Crippen LogP contribution is 2.30. The predicted molar refractivity (Wildman–Crippen MR) is 78.4 cm³/mol. The maximum absolute atomic E-state index is 12.7. The zero-order chi connectivity index (χ0) is 14.9. The minimum Gasteiger partial charge on any atom is -0.365 e. The van der Waals surface area contributed by atoms with Crippen LogP contribution in [0.1, 0.15) is 11.1 Å². The van der Waals surface area contributed by atoms with Crippen LogP contribution in [0.5, 0.6) is 0 Å². The molecule has 0 saturated carbocycles. The molecule has 1 N–H and O–H groups in total. The molecule has 21 heavy (non-hydrogen) atoms. The number of aromatic nitrogens is 1. The zero-order valence-electron chi connectivity index (χ0n) is 10.8. The third-order valence-corrected chi connectivity index (χ3v) is 3.92. The number of nitrogens with zero attached hydrogens (tertiary/aromatic N) is 1. The lowest BCUT2D eigenvalue weighted by atomic mass is 10.1. The smallest absolute Gasteiger partial charge is 0.365 e. The summed E-state index contributed by atoms with van der Waals surface area (Å²) < 4.78 is 43.3. The molecule has 0 saturated heterocycles. The lowest BCUT2D eigenvalue weighted by Crippen LogP contribution is -2.07. The number of benzene rings is 2. The van der Waals surface area contributed by atoms with Crippen LogP contribution in [0.25, 0.3) is 10.1 Å². The van der Waals surface area contributed by atoms with E-state index in [9.17, 15) is 13.2 Å². The van der Waals surface area contributed by atoms with Crippen LogP contribution in [0, 0.1) is 0 Å². The average molecular weight is 308 g/mol. The highest BCUT2D eigenvalue weighted by atomic mass is 32.1. The fraction of sp³-hybridized carbons (Fsp3) is 0.133. The van der Waals surface area contributed by atoms with Crippen molar-refractivity contribution >= 4 is 27.4 Å². The molecule has 2 aromatic carbocycles. The molecule has 0 spiro atoms. The molecule has 0 radical (unpaired) electrons. The fourth-order valence-electron chi connectivity index (χ4n) is 2.06. The molecular formula is C15H11F3N2S. The quantitative estimate of drug-likeness (QED) is 0.742. The summed E-state index contributed by atoms with van der Waals surface area (Å²) >= 11 is 1.36. The van der Waals surface area contributed by atoms with Crippen LogP contribution in [-0.4, -0.2) is 4.37 Å². The van der Waals surface area contributed by atoms with Gasteiger partial charge < -0.3 is 5.32 Å². The molecule has 0 aliphatic carbocycles. The Bertz CT molecular complexity index is 765. The summed E-state index contributed by atoms with van der Waals surface area (Å²) in [6.07, 6.45) is -4.32. The van der Waals surface area contributed by atoms with Crippen molar-refractivity contribution < 1.29 is 13.2 Å². The van der Waals surface area contributed by atoms with Gasteiger partial charge in [-0.05, 0) is 41.4 Å². The number of rotatable bonds is 3. The summed E-state index contributed by atoms with van der Waals surface area (Å²) in [5, 5.41) is 4.08. The summed E-state index contributed by atoms with van der Waals surface area (Å²) in [5.41, 5.74) is -0.0631. The van der Waals surface area contributed by atoms with Crippen LogP contribution in [-0.2, 0) is 12.7 Å². The molecule has 0 aliphatic rings. The van der Waals surface area contributed by atoms with E-state index in [1.807, 2.05) is 24.3 Å². The first kappa shape index (κ1) is 13.9. The zero-order valence-corrected chi connectivity index (χ0v) is 11.6. The van der Waals surface area contributed by atoms with Crippen molar-refractivity contribution in [2.75, 3.05) is 5.32 Å². The van der Waals surface area contributed by atoms with E-state index >= 15 is 0 Å². The Labute approximate surface area is 123 Å². The van der Waals surface area contributed by atoms with Gasteiger partial charge in [-0.3, -0.25) is 0 Å². The largest absolute Gasteiger partial charge is 0.416 e. The highest BCUT2D eigenvalue weighted by Gasteiger charge is 2.30. The fourth-order valence-corrected chi connectivity index (χ4v) is 2.81. The lowest BCUT2D eigenvalue weighted by molar-refractivity contribution is -0.137. The van der Waals surface area contributed by atoms with Crippen LogP contribution in [0.4, 0.5) is 19.0 Å². The number of halogens is 3. The number of hydrogen-bond acceptors (Lipinski definition) is 3. The van der Waals surface area contributed by atoms with Gasteiger partial charge in [0.1, 0.15) is 5.82 Å². The van der Waals surface area contributed by atoms with E-state index in [2.05, 4.69) is 9.69 Å². The van der Waals surface area contributed by atoms with E-state index in [0.717, 1.165) is 22.2 Å². The molecule has 1 aromatic heterocycles. The monoisotopic (exact) mass is 308 g/mol. The summed E-state index contributed by atoms with van der Waals surface area (Å²) in [6.45, 7) is 0.303. The summed E-state index contributed by atoms with van der Waals surface area (Å²) in [5.74, 6) is 0.702. The molecule has 0 amide bonds. The Kier molecular flexibility index (Phi) is 3.55. The third-order valence-electron chi connectivity index (χ3n) is 3.09. The van der Waals surface area contributed by atoms with Crippen molar-refractivity contribution in [1.29, 1.82) is 0 Å². The van der Waals surface area contributed by atoms with Crippen LogP contribution in [0.3, 0.4) is 0 Å². The molecule has 1 heterocycles. The first-order chi connectivity index (χ1) is 10.0. The standard InChI is InChI=1S/C15H11F3N2S/c16-15(17,18)11-5-3-4-10(8-11)9-19-14-12-6-1-2-7-13(12)21-20-14/h1-8H,9H2,(H,19,20). The molecule has 108 valence electrons. The van der Waals surface area contributed by atoms with Crippen molar-refractivity contribution in [2.45, 2.75) is 12.7 Å². The van der Waals surface area contributed by atoms with Gasteiger partial charge in [0.2, 0.25) is 0 Å². The Morgan fingerprint density at radius 1 is 1.05 bits per heavy atom. The molecule has 0 bridgehead atoms. The Hall–Kier alpha value is -2.08. The van der Waals surface area contributed by atoms with Gasteiger partial charge in [-0.15, -0.1) is 0 Å². The average Bonchev–Trinajstić information content (AvgIpc) is 2.88. The van der Waals surface area contributed by atoms with Gasteiger partial charge in [0, 0.05) is 11.9 Å². The van der Waals surface area contributed by atoms with Crippen molar-refractivity contribution in [3.63, 3.8) is 0 Å². The summed E-state index contributed by atoms with van der Waals surface area (Å²) in [4.78, 5) is 0. The lowest BCUT2D eigenvalue weighted by Gasteiger charge is -2.09. The van der Waals surface area contributed by atoms with Gasteiger partial charge in [0.05, 0.1) is 10.3 Å². The van der Waals surface area contributed by atoms with Crippen LogP contribution in [0.2, 0.25) is 0 Å². The van der Waals surface area contributed by atoms with E-state index in [4.69, 9.17) is 0 Å². The highest BCUT2D eigenvalue weighted by molar-refractivity contribution is 7.13. The molecule has 0 fully saturated rings. The van der Waals surface area contributed by atoms with Gasteiger partial charge in [0.25, 0.3) is 0 Å². The van der Waals surface area contributed by atoms with Gasteiger partial charge >= 0.3 is 6.18 Å². The normalized spacial score (nSPS) is 11.8. The SMILES string of the molecule is FC(F)(F)c1cccc(CNc2nsc3ccccc23)c1. The minimum atomic E-state index is -4.32. The molecular weight excluding hydrogens is 297 g/mol. The second-order valence-electron chi connectivity index (χ2n) is 4.58. The molecule has 0 aliphatic heterocycles. The van der Waals surface area contributed by atoms with Gasteiger partial charge in [-0.25, -0.2) is 0 Å². The molecule has 6 heteroatoms. The second-order valence-corrected chi connectivity index (χ2v) is 5.38. The Balaban J connectivity index is 1.79. The third kappa shape index (κ3) is 3.00. The van der Waals surface area contributed by atoms with E-state index in [1.54, 1.807) is 6.07 Å². The van der Waals surface area contributed by atoms with E-state index in [1.165, 1.54) is 17.6 Å². The van der Waals surface area contributed by atoms with E-state index < -0.39 is 11.7 Å². The molecule has 3 rings (SSSR count). The number of nitrogens with one attached hydrogen (secondary N) is 1. The summed E-state index contributed by atoms with van der Waals surface area (Å²) in [6, 6.07) is 13.0. The summed E-state index contributed by atoms with van der Waals surface area (Å²) in [7, 11) is 0. The predicted octanol–water partition coefficient (Wildman–Crippen LogP) is 4.93. The first-order valence-electron chi connectivity index (χ1n) is 6.28. The number of alkyl halides is 3. The van der Waals surface area contributed by atoms with Gasteiger partial charge in [-0.1, -0.05) is 24.3 Å². The van der Waals surface area contributed by atoms with Crippen LogP contribution in [0.15, 0.2) is 48.5 Å². The van der Waals surface area contributed by atoms with Crippen molar-refractivity contribution in [3.8, 4) is 0 Å². The van der Waals surface area contributed by atoms with Crippen molar-refractivity contribution in [2.24, 2.45) is 0 Å².